The van der Waals surface area contributed by atoms with Crippen LogP contribution in [0.1, 0.15) is 17.3 Å². The molecule has 1 aromatic carbocycles. The van der Waals surface area contributed by atoms with Gasteiger partial charge in [-0.15, -0.1) is 0 Å². The molecule has 1 aliphatic rings. The number of esters is 3. The molecule has 0 N–H and O–H groups in total. The third-order valence-corrected chi connectivity index (χ3v) is 4.45. The first-order chi connectivity index (χ1) is 12.4. The van der Waals surface area contributed by atoms with Gasteiger partial charge in [0.1, 0.15) is 12.4 Å². The lowest BCUT2D eigenvalue weighted by molar-refractivity contribution is -0.140. The smallest absolute Gasteiger partial charge is 0.355 e. The molecule has 0 aromatic heterocycles. The molecule has 0 bridgehead atoms. The molecule has 0 atom stereocenters. The van der Waals surface area contributed by atoms with Crippen LogP contribution < -0.4 is 4.90 Å². The zero-order valence-electron chi connectivity index (χ0n) is 14.5. The van der Waals surface area contributed by atoms with Gasteiger partial charge in [0.25, 0.3) is 0 Å². The first kappa shape index (κ1) is 20.2. The zero-order valence-corrected chi connectivity index (χ0v) is 16.7. The minimum absolute atomic E-state index is 0.0414. The lowest BCUT2D eigenvalue weighted by Crippen LogP contribution is -2.39. The van der Waals surface area contributed by atoms with E-state index < -0.39 is 17.9 Å². The molecule has 8 nitrogen and oxygen atoms in total. The number of halogens is 1. The SMILES string of the molecule is CCOC(=O)c1ccc(N2COCC(C(=O)OC)=C2C(=O)OC)c(I)c1. The summed E-state index contributed by atoms with van der Waals surface area (Å²) in [5, 5.41) is 0. The van der Waals surface area contributed by atoms with Crippen molar-refractivity contribution in [2.24, 2.45) is 0 Å². The fourth-order valence-electron chi connectivity index (χ4n) is 2.40. The average Bonchev–Trinajstić information content (AvgIpc) is 2.66. The Hall–Kier alpha value is -2.14. The topological polar surface area (TPSA) is 91.4 Å². The Labute approximate surface area is 164 Å². The highest BCUT2D eigenvalue weighted by atomic mass is 127. The molecule has 0 aliphatic carbocycles. The summed E-state index contributed by atoms with van der Waals surface area (Å²) in [5.74, 6) is -1.79. The fourth-order valence-corrected chi connectivity index (χ4v) is 3.21. The maximum atomic E-state index is 12.3. The van der Waals surface area contributed by atoms with Crippen molar-refractivity contribution in [3.8, 4) is 0 Å². The van der Waals surface area contributed by atoms with Gasteiger partial charge < -0.3 is 23.8 Å². The van der Waals surface area contributed by atoms with Crippen LogP contribution in [0.4, 0.5) is 5.69 Å². The first-order valence-electron chi connectivity index (χ1n) is 7.66. The summed E-state index contributed by atoms with van der Waals surface area (Å²) in [6.07, 6.45) is 0. The molecule has 1 aliphatic heterocycles. The van der Waals surface area contributed by atoms with E-state index in [1.54, 1.807) is 25.1 Å². The second-order valence-electron chi connectivity index (χ2n) is 5.10. The quantitative estimate of drug-likeness (QED) is 0.362. The Kier molecular flexibility index (Phi) is 6.98. The molecule has 0 spiro atoms. The number of carbonyl (C=O) groups is 3. The monoisotopic (exact) mass is 475 g/mol. The number of hydrogen-bond donors (Lipinski definition) is 0. The summed E-state index contributed by atoms with van der Waals surface area (Å²) in [5.41, 5.74) is 1.08. The maximum Gasteiger partial charge on any atom is 0.355 e. The maximum absolute atomic E-state index is 12.3. The van der Waals surface area contributed by atoms with E-state index in [2.05, 4.69) is 0 Å². The normalized spacial score (nSPS) is 14.1. The van der Waals surface area contributed by atoms with E-state index in [9.17, 15) is 14.4 Å². The van der Waals surface area contributed by atoms with Crippen LogP contribution in [0.15, 0.2) is 29.5 Å². The molecule has 2 rings (SSSR count). The highest BCUT2D eigenvalue weighted by molar-refractivity contribution is 14.1. The number of nitrogens with zero attached hydrogens (tertiary/aromatic N) is 1. The Bertz CT molecular complexity index is 759. The van der Waals surface area contributed by atoms with Gasteiger partial charge in [-0.25, -0.2) is 14.4 Å². The first-order valence-corrected chi connectivity index (χ1v) is 8.74. The molecule has 140 valence electrons. The molecule has 0 unspecified atom stereocenters. The molecule has 1 aromatic rings. The van der Waals surface area contributed by atoms with Crippen molar-refractivity contribution < 1.29 is 33.3 Å². The average molecular weight is 475 g/mol. The van der Waals surface area contributed by atoms with E-state index in [1.807, 2.05) is 22.6 Å². The van der Waals surface area contributed by atoms with Gasteiger partial charge in [0.15, 0.2) is 0 Å². The molecule has 1 heterocycles. The van der Waals surface area contributed by atoms with Crippen LogP contribution in [-0.2, 0) is 28.5 Å². The Balaban J connectivity index is 2.49. The van der Waals surface area contributed by atoms with E-state index >= 15 is 0 Å². The van der Waals surface area contributed by atoms with Gasteiger partial charge in [0, 0.05) is 3.57 Å². The molecule has 0 fully saturated rings. The molecule has 0 amide bonds. The van der Waals surface area contributed by atoms with Gasteiger partial charge in [-0.2, -0.15) is 0 Å². The second-order valence-corrected chi connectivity index (χ2v) is 6.26. The standard InChI is InChI=1S/C17H18INO7/c1-4-26-15(20)10-5-6-13(12(18)7-10)19-9-25-8-11(16(21)23-2)14(19)17(22)24-3/h5-7H,4,8-9H2,1-3H3. The molecule has 9 heteroatoms. The van der Waals surface area contributed by atoms with Crippen LogP contribution in [0.2, 0.25) is 0 Å². The van der Waals surface area contributed by atoms with E-state index in [0.717, 1.165) is 0 Å². The van der Waals surface area contributed by atoms with E-state index in [-0.39, 0.29) is 31.2 Å². The lowest BCUT2D eigenvalue weighted by Gasteiger charge is -2.32. The van der Waals surface area contributed by atoms with Gasteiger partial charge in [-0.1, -0.05) is 0 Å². The third-order valence-electron chi connectivity index (χ3n) is 3.58. The Morgan fingerprint density at radius 1 is 1.15 bits per heavy atom. The highest BCUT2D eigenvalue weighted by Crippen LogP contribution is 2.31. The van der Waals surface area contributed by atoms with Crippen LogP contribution in [-0.4, -0.2) is 52.1 Å². The highest BCUT2D eigenvalue weighted by Gasteiger charge is 2.33. The van der Waals surface area contributed by atoms with Gasteiger partial charge in [-0.05, 0) is 47.7 Å². The lowest BCUT2D eigenvalue weighted by atomic mass is 10.1. The summed E-state index contributed by atoms with van der Waals surface area (Å²) < 4.78 is 20.6. The predicted molar refractivity (Wildman–Crippen MR) is 99.5 cm³/mol. The van der Waals surface area contributed by atoms with Crippen molar-refractivity contribution in [3.05, 3.63) is 38.6 Å². The largest absolute Gasteiger partial charge is 0.466 e. The van der Waals surface area contributed by atoms with Gasteiger partial charge in [0.2, 0.25) is 0 Å². The zero-order chi connectivity index (χ0) is 19.3. The van der Waals surface area contributed by atoms with Crippen molar-refractivity contribution in [2.75, 3.05) is 39.1 Å². The van der Waals surface area contributed by atoms with Gasteiger partial charge >= 0.3 is 17.9 Å². The number of benzene rings is 1. The number of ether oxygens (including phenoxy) is 4. The number of rotatable bonds is 5. The van der Waals surface area contributed by atoms with E-state index in [4.69, 9.17) is 18.9 Å². The Morgan fingerprint density at radius 2 is 1.85 bits per heavy atom. The summed E-state index contributed by atoms with van der Waals surface area (Å²) in [6.45, 7) is 1.98. The molecule has 0 radical (unpaired) electrons. The van der Waals surface area contributed by atoms with Crippen LogP contribution >= 0.6 is 22.6 Å². The minimum Gasteiger partial charge on any atom is -0.466 e. The summed E-state index contributed by atoms with van der Waals surface area (Å²) in [4.78, 5) is 37.7. The van der Waals surface area contributed by atoms with Crippen LogP contribution in [0.5, 0.6) is 0 Å². The number of methoxy groups -OCH3 is 2. The van der Waals surface area contributed by atoms with Crippen LogP contribution in [0.3, 0.4) is 0 Å². The van der Waals surface area contributed by atoms with Crippen molar-refractivity contribution in [1.82, 2.24) is 0 Å². The molecule has 0 saturated heterocycles. The predicted octanol–water partition coefficient (Wildman–Crippen LogP) is 1.86. The van der Waals surface area contributed by atoms with Crippen molar-refractivity contribution in [3.63, 3.8) is 0 Å². The van der Waals surface area contributed by atoms with Crippen molar-refractivity contribution >= 4 is 46.2 Å². The van der Waals surface area contributed by atoms with E-state index in [0.29, 0.717) is 14.8 Å². The third kappa shape index (κ3) is 4.15. The molecular formula is C17H18INO7. The molecular weight excluding hydrogens is 457 g/mol. The van der Waals surface area contributed by atoms with Crippen LogP contribution in [0, 0.1) is 3.57 Å². The van der Waals surface area contributed by atoms with Crippen molar-refractivity contribution in [2.45, 2.75) is 6.92 Å². The number of carbonyl (C=O) groups excluding carboxylic acids is 3. The summed E-state index contributed by atoms with van der Waals surface area (Å²) in [6, 6.07) is 4.87. The van der Waals surface area contributed by atoms with Crippen LogP contribution in [0.25, 0.3) is 0 Å². The fraction of sp³-hybridized carbons (Fsp3) is 0.353. The van der Waals surface area contributed by atoms with Gasteiger partial charge in [0.05, 0.1) is 44.3 Å². The summed E-state index contributed by atoms with van der Waals surface area (Å²) in [7, 11) is 2.45. The molecule has 0 saturated carbocycles. The number of hydrogen-bond acceptors (Lipinski definition) is 8. The Morgan fingerprint density at radius 3 is 2.42 bits per heavy atom. The number of anilines is 1. The van der Waals surface area contributed by atoms with Crippen molar-refractivity contribution in [1.29, 1.82) is 0 Å². The van der Waals surface area contributed by atoms with E-state index in [1.165, 1.54) is 19.1 Å². The summed E-state index contributed by atoms with van der Waals surface area (Å²) >= 11 is 2.03. The molecule has 26 heavy (non-hydrogen) atoms. The van der Waals surface area contributed by atoms with Gasteiger partial charge in [-0.3, -0.25) is 0 Å². The minimum atomic E-state index is -0.682. The second kappa shape index (κ2) is 8.99.